The Morgan fingerprint density at radius 3 is 2.21 bits per heavy atom. The fourth-order valence-corrected chi connectivity index (χ4v) is 2.50. The highest BCUT2D eigenvalue weighted by Crippen LogP contribution is 2.17. The molecule has 1 aromatic heterocycles. The largest absolute Gasteiger partial charge is 0.340 e. The molecule has 0 fully saturated rings. The molecule has 0 spiro atoms. The van der Waals surface area contributed by atoms with E-state index in [0.29, 0.717) is 5.56 Å². The maximum atomic E-state index is 12.1. The molecule has 1 amide bonds. The number of amides is 1. The van der Waals surface area contributed by atoms with Crippen LogP contribution in [0, 0.1) is 13.8 Å². The minimum absolute atomic E-state index is 0.301. The van der Waals surface area contributed by atoms with Gasteiger partial charge in [0, 0.05) is 17.0 Å². The molecular weight excluding hydrogens is 332 g/mol. The van der Waals surface area contributed by atoms with Crippen molar-refractivity contribution < 1.29 is 9.59 Å². The second-order valence-corrected chi connectivity index (χ2v) is 6.76. The van der Waals surface area contributed by atoms with Gasteiger partial charge in [0.2, 0.25) is 0 Å². The fourth-order valence-electron chi connectivity index (χ4n) is 1.66. The zero-order valence-corrected chi connectivity index (χ0v) is 13.6. The van der Waals surface area contributed by atoms with Crippen molar-refractivity contribution in [1.29, 1.82) is 0 Å². The van der Waals surface area contributed by atoms with Crippen LogP contribution in [0.25, 0.3) is 0 Å². The van der Waals surface area contributed by atoms with Crippen LogP contribution in [-0.2, 0) is 4.79 Å². The molecule has 19 heavy (non-hydrogen) atoms. The Morgan fingerprint density at radius 1 is 1.32 bits per heavy atom. The monoisotopic (exact) mass is 346 g/mol. The second-order valence-electron chi connectivity index (χ2n) is 4.88. The number of hydrogen-bond acceptors (Lipinski definition) is 3. The van der Waals surface area contributed by atoms with E-state index in [1.807, 2.05) is 13.8 Å². The van der Waals surface area contributed by atoms with Gasteiger partial charge in [0.05, 0.1) is 5.54 Å². The highest BCUT2D eigenvalue weighted by Gasteiger charge is 2.33. The van der Waals surface area contributed by atoms with E-state index < -0.39 is 9.83 Å². The van der Waals surface area contributed by atoms with Gasteiger partial charge in [-0.3, -0.25) is 14.6 Å². The van der Waals surface area contributed by atoms with Crippen LogP contribution in [-0.4, -0.2) is 26.5 Å². The van der Waals surface area contributed by atoms with Crippen LogP contribution < -0.4 is 5.32 Å². The first-order valence-corrected chi connectivity index (χ1v) is 7.09. The molecule has 1 rings (SSSR count). The van der Waals surface area contributed by atoms with E-state index in [1.165, 1.54) is 0 Å². The van der Waals surface area contributed by atoms with Gasteiger partial charge in [-0.15, -0.1) is 11.6 Å². The Morgan fingerprint density at radius 2 is 1.79 bits per heavy atom. The zero-order chi connectivity index (χ0) is 14.8. The summed E-state index contributed by atoms with van der Waals surface area (Å²) >= 11 is 8.70. The van der Waals surface area contributed by atoms with E-state index in [4.69, 9.17) is 11.6 Å². The predicted molar refractivity (Wildman–Crippen MR) is 78.8 cm³/mol. The van der Waals surface area contributed by atoms with Gasteiger partial charge >= 0.3 is 0 Å². The van der Waals surface area contributed by atoms with Gasteiger partial charge < -0.3 is 5.32 Å². The summed E-state index contributed by atoms with van der Waals surface area (Å²) in [5.41, 5.74) is 0.944. The summed E-state index contributed by atoms with van der Waals surface area (Å²) in [7, 11) is 0. The van der Waals surface area contributed by atoms with Gasteiger partial charge in [-0.2, -0.15) is 0 Å². The molecule has 0 bridgehead atoms. The number of carbonyl (C=O) groups is 2. The lowest BCUT2D eigenvalue weighted by Gasteiger charge is -2.25. The van der Waals surface area contributed by atoms with Gasteiger partial charge in [-0.05, 0) is 39.8 Å². The SMILES string of the molecule is Cc1cc(C(=O)NC(C)(C)C(=O)C(Cl)Br)cc(C)n1. The molecule has 0 aliphatic carbocycles. The molecule has 4 nitrogen and oxygen atoms in total. The lowest BCUT2D eigenvalue weighted by atomic mass is 9.99. The lowest BCUT2D eigenvalue weighted by molar-refractivity contribution is -0.122. The van der Waals surface area contributed by atoms with Crippen LogP contribution in [0.4, 0.5) is 0 Å². The minimum atomic E-state index is -1.04. The van der Waals surface area contributed by atoms with E-state index in [2.05, 4.69) is 26.2 Å². The molecule has 1 N–H and O–H groups in total. The molecule has 0 radical (unpaired) electrons. The normalized spacial score (nSPS) is 12.9. The summed E-state index contributed by atoms with van der Waals surface area (Å²) in [6.45, 7) is 6.86. The summed E-state index contributed by atoms with van der Waals surface area (Å²) in [6.07, 6.45) is 0. The topological polar surface area (TPSA) is 59.1 Å². The Balaban J connectivity index is 2.93. The van der Waals surface area contributed by atoms with Crippen molar-refractivity contribution in [1.82, 2.24) is 10.3 Å². The third kappa shape index (κ3) is 4.28. The Labute approximate surface area is 126 Å². The Hall–Kier alpha value is -0.940. The van der Waals surface area contributed by atoms with Crippen LogP contribution >= 0.6 is 27.5 Å². The molecule has 0 saturated carbocycles. The fraction of sp³-hybridized carbons (Fsp3) is 0.462. The van der Waals surface area contributed by atoms with Crippen molar-refractivity contribution in [2.75, 3.05) is 0 Å². The number of ketones is 1. The smallest absolute Gasteiger partial charge is 0.252 e. The average Bonchev–Trinajstić information content (AvgIpc) is 2.25. The quantitative estimate of drug-likeness (QED) is 0.852. The zero-order valence-electron chi connectivity index (χ0n) is 11.3. The van der Waals surface area contributed by atoms with Crippen molar-refractivity contribution in [3.63, 3.8) is 0 Å². The number of nitrogens with one attached hydrogen (secondary N) is 1. The molecule has 104 valence electrons. The maximum Gasteiger partial charge on any atom is 0.252 e. The van der Waals surface area contributed by atoms with Crippen LogP contribution in [0.15, 0.2) is 12.1 Å². The number of aromatic nitrogens is 1. The molecule has 1 heterocycles. The van der Waals surface area contributed by atoms with Crippen molar-refractivity contribution in [3.05, 3.63) is 29.1 Å². The number of halogens is 2. The van der Waals surface area contributed by atoms with Gasteiger partial charge in [-0.1, -0.05) is 15.9 Å². The molecule has 1 atom stereocenters. The van der Waals surface area contributed by atoms with Crippen molar-refractivity contribution in [2.24, 2.45) is 0 Å². The Kier molecular flexibility index (Phi) is 5.10. The summed E-state index contributed by atoms with van der Waals surface area (Å²) in [5, 5.41) is 2.68. The van der Waals surface area contributed by atoms with Crippen LogP contribution in [0.3, 0.4) is 0 Å². The number of aryl methyl sites for hydroxylation is 2. The number of nitrogens with zero attached hydrogens (tertiary/aromatic N) is 1. The lowest BCUT2D eigenvalue weighted by Crippen LogP contribution is -2.51. The van der Waals surface area contributed by atoms with Crippen LogP contribution in [0.2, 0.25) is 0 Å². The first-order chi connectivity index (χ1) is 8.63. The number of rotatable bonds is 4. The third-order valence-electron chi connectivity index (χ3n) is 2.58. The number of carbonyl (C=O) groups excluding carboxylic acids is 2. The molecular formula is C13H16BrClN2O2. The van der Waals surface area contributed by atoms with Crippen LogP contribution in [0.1, 0.15) is 35.6 Å². The summed E-state index contributed by atoms with van der Waals surface area (Å²) in [5.74, 6) is -0.623. The highest BCUT2D eigenvalue weighted by atomic mass is 79.9. The summed E-state index contributed by atoms with van der Waals surface area (Å²) < 4.78 is -0.830. The summed E-state index contributed by atoms with van der Waals surface area (Å²) in [6, 6.07) is 3.35. The van der Waals surface area contributed by atoms with Gasteiger partial charge in [0.15, 0.2) is 5.78 Å². The van der Waals surface area contributed by atoms with Gasteiger partial charge in [0.1, 0.15) is 4.29 Å². The first-order valence-electron chi connectivity index (χ1n) is 5.74. The van der Waals surface area contributed by atoms with E-state index in [9.17, 15) is 9.59 Å². The Bertz CT molecular complexity index is 495. The van der Waals surface area contributed by atoms with E-state index in [-0.39, 0.29) is 11.7 Å². The maximum absolute atomic E-state index is 12.1. The average molecular weight is 348 g/mol. The second kappa shape index (κ2) is 6.01. The first kappa shape index (κ1) is 16.1. The molecule has 0 saturated heterocycles. The molecule has 0 aromatic carbocycles. The third-order valence-corrected chi connectivity index (χ3v) is 3.20. The highest BCUT2D eigenvalue weighted by molar-refractivity contribution is 9.10. The number of alkyl halides is 2. The van der Waals surface area contributed by atoms with Gasteiger partial charge in [-0.25, -0.2) is 0 Å². The molecule has 1 unspecified atom stereocenters. The molecule has 6 heteroatoms. The number of pyridine rings is 1. The minimum Gasteiger partial charge on any atom is -0.340 e. The number of Topliss-reactive ketones (excluding diaryl/α,β-unsaturated/α-hetero) is 1. The van der Waals surface area contributed by atoms with E-state index in [0.717, 1.165) is 11.4 Å². The molecule has 0 aliphatic heterocycles. The standard InChI is InChI=1S/C13H16BrClN2O2/c1-7-5-9(6-8(2)16-7)12(19)17-13(3,4)10(18)11(14)15/h5-6,11H,1-4H3,(H,17,19). The van der Waals surface area contributed by atoms with E-state index in [1.54, 1.807) is 26.0 Å². The van der Waals surface area contributed by atoms with Crippen molar-refractivity contribution in [2.45, 2.75) is 37.5 Å². The van der Waals surface area contributed by atoms with Crippen LogP contribution in [0.5, 0.6) is 0 Å². The predicted octanol–water partition coefficient (Wildman–Crippen LogP) is 2.74. The summed E-state index contributed by atoms with van der Waals surface area (Å²) in [4.78, 5) is 28.2. The van der Waals surface area contributed by atoms with Crippen molar-refractivity contribution in [3.8, 4) is 0 Å². The van der Waals surface area contributed by atoms with Crippen molar-refractivity contribution >= 4 is 39.2 Å². The number of hydrogen-bond donors (Lipinski definition) is 1. The molecule has 0 aliphatic rings. The van der Waals surface area contributed by atoms with E-state index >= 15 is 0 Å². The molecule has 1 aromatic rings. The van der Waals surface area contributed by atoms with Gasteiger partial charge in [0.25, 0.3) is 5.91 Å².